The molecule has 1 aliphatic carbocycles. The number of amides is 2. The Labute approximate surface area is 238 Å². The first-order valence-corrected chi connectivity index (χ1v) is 13.7. The average Bonchev–Trinajstić information content (AvgIpc) is 3.45. The van der Waals surface area contributed by atoms with Crippen molar-refractivity contribution in [1.82, 2.24) is 0 Å². The molecule has 0 unspecified atom stereocenters. The van der Waals surface area contributed by atoms with Crippen molar-refractivity contribution in [1.29, 1.82) is 0 Å². The number of hydrogen-bond acceptors (Lipinski definition) is 4. The SMILES string of the molecule is CCC1=C2[C@@H](CC/C(C)=C/c3ccccc3O)OC[C@@H]2[C@@H]2C(=O)N(c3cc(C(F)(F)F)cc(C(F)(F)F)c3)C(=O)[C@@H]2C1. The van der Waals surface area contributed by atoms with Gasteiger partial charge in [0, 0.05) is 11.5 Å². The van der Waals surface area contributed by atoms with Crippen LogP contribution >= 0.6 is 0 Å². The number of carbonyl (C=O) groups excluding carboxylic acids is 2. The van der Waals surface area contributed by atoms with Crippen LogP contribution in [0.15, 0.2) is 59.2 Å². The molecule has 0 bridgehead atoms. The minimum absolute atomic E-state index is 0.0264. The molecule has 2 aromatic rings. The molecule has 224 valence electrons. The number of anilines is 1. The van der Waals surface area contributed by atoms with Crippen molar-refractivity contribution in [2.45, 2.75) is 58.0 Å². The summed E-state index contributed by atoms with van der Waals surface area (Å²) < 4.78 is 87.1. The molecule has 2 aliphatic heterocycles. The standard InChI is InChI=1S/C31H29F6NO4/c1-3-17-11-22-27(23-15-42-25(26(17)23)9-8-16(2)10-18-6-4-5-7-24(18)39)29(41)38(28(22)40)21-13-19(30(32,33)34)12-20(14-21)31(35,36)37/h4-7,10,12-14,22-23,25,27,39H,3,8-9,11,15H2,1-2H3/b16-10+/t22-,23+,25-,27-/m1/s1. The topological polar surface area (TPSA) is 66.8 Å². The Morgan fingerprint density at radius 2 is 1.64 bits per heavy atom. The Balaban J connectivity index is 1.42. The van der Waals surface area contributed by atoms with Crippen molar-refractivity contribution < 1.29 is 45.8 Å². The number of halogens is 6. The molecule has 0 spiro atoms. The van der Waals surface area contributed by atoms with Crippen molar-refractivity contribution in [3.8, 4) is 5.75 Å². The van der Waals surface area contributed by atoms with E-state index in [0.29, 0.717) is 41.9 Å². The Bertz CT molecular complexity index is 1440. The van der Waals surface area contributed by atoms with E-state index < -0.39 is 58.7 Å². The van der Waals surface area contributed by atoms with E-state index in [2.05, 4.69) is 0 Å². The molecule has 0 saturated carbocycles. The van der Waals surface area contributed by atoms with Crippen molar-refractivity contribution in [3.05, 3.63) is 75.9 Å². The molecule has 5 nitrogen and oxygen atoms in total. The van der Waals surface area contributed by atoms with Crippen LogP contribution in [0.5, 0.6) is 5.75 Å². The number of para-hydroxylation sites is 1. The van der Waals surface area contributed by atoms with Crippen LogP contribution in [0, 0.1) is 17.8 Å². The summed E-state index contributed by atoms with van der Waals surface area (Å²) in [4.78, 5) is 27.6. The van der Waals surface area contributed by atoms with E-state index in [1.54, 1.807) is 18.2 Å². The third-order valence-electron chi connectivity index (χ3n) is 8.40. The third kappa shape index (κ3) is 5.46. The minimum Gasteiger partial charge on any atom is -0.507 e. The van der Waals surface area contributed by atoms with E-state index in [0.717, 1.165) is 16.7 Å². The van der Waals surface area contributed by atoms with Gasteiger partial charge in [0.1, 0.15) is 5.75 Å². The normalized spacial score (nSPS) is 24.9. The second kappa shape index (κ2) is 10.9. The lowest BCUT2D eigenvalue weighted by molar-refractivity contribution is -0.143. The number of nitrogens with zero attached hydrogens (tertiary/aromatic N) is 1. The summed E-state index contributed by atoms with van der Waals surface area (Å²) >= 11 is 0. The van der Waals surface area contributed by atoms with E-state index in [-0.39, 0.29) is 30.9 Å². The van der Waals surface area contributed by atoms with Gasteiger partial charge >= 0.3 is 12.4 Å². The first-order chi connectivity index (χ1) is 19.7. The molecule has 0 radical (unpaired) electrons. The van der Waals surface area contributed by atoms with E-state index >= 15 is 0 Å². The molecule has 2 amide bonds. The summed E-state index contributed by atoms with van der Waals surface area (Å²) in [6.07, 6.45) is -6.78. The van der Waals surface area contributed by atoms with Gasteiger partial charge in [-0.1, -0.05) is 42.3 Å². The maximum atomic E-state index is 13.6. The summed E-state index contributed by atoms with van der Waals surface area (Å²) in [5.41, 5.74) is -0.431. The molecule has 2 aromatic carbocycles. The number of hydrogen-bond donors (Lipinski definition) is 1. The molecule has 4 atom stereocenters. The number of benzene rings is 2. The molecule has 2 saturated heterocycles. The van der Waals surface area contributed by atoms with Crippen molar-refractivity contribution in [2.75, 3.05) is 11.5 Å². The fourth-order valence-corrected chi connectivity index (χ4v) is 6.44. The number of fused-ring (bicyclic) bond motifs is 3. The van der Waals surface area contributed by atoms with Crippen LogP contribution in [-0.4, -0.2) is 29.6 Å². The number of phenolic OH excluding ortho intramolecular Hbond substituents is 1. The number of phenols is 1. The van der Waals surface area contributed by atoms with E-state index in [1.807, 2.05) is 26.0 Å². The Morgan fingerprint density at radius 3 is 2.24 bits per heavy atom. The van der Waals surface area contributed by atoms with Gasteiger partial charge in [-0.25, -0.2) is 4.90 Å². The van der Waals surface area contributed by atoms with Crippen molar-refractivity contribution in [2.24, 2.45) is 17.8 Å². The van der Waals surface area contributed by atoms with Crippen molar-refractivity contribution >= 4 is 23.6 Å². The van der Waals surface area contributed by atoms with Gasteiger partial charge in [0.2, 0.25) is 11.8 Å². The maximum absolute atomic E-state index is 13.6. The van der Waals surface area contributed by atoms with Crippen molar-refractivity contribution in [3.63, 3.8) is 0 Å². The fourth-order valence-electron chi connectivity index (χ4n) is 6.44. The van der Waals surface area contributed by atoms with Crippen LogP contribution < -0.4 is 4.90 Å². The predicted octanol–water partition coefficient (Wildman–Crippen LogP) is 7.54. The molecule has 2 heterocycles. The summed E-state index contributed by atoms with van der Waals surface area (Å²) in [6.45, 7) is 3.95. The van der Waals surface area contributed by atoms with Gasteiger partial charge in [-0.3, -0.25) is 9.59 Å². The maximum Gasteiger partial charge on any atom is 0.416 e. The van der Waals surface area contributed by atoms with Crippen LogP contribution in [0.1, 0.15) is 56.2 Å². The zero-order valence-electron chi connectivity index (χ0n) is 22.9. The van der Waals surface area contributed by atoms with Crippen LogP contribution in [0.3, 0.4) is 0 Å². The highest BCUT2D eigenvalue weighted by atomic mass is 19.4. The van der Waals surface area contributed by atoms with Gasteiger partial charge in [-0.15, -0.1) is 0 Å². The smallest absolute Gasteiger partial charge is 0.416 e. The van der Waals surface area contributed by atoms with E-state index in [4.69, 9.17) is 4.74 Å². The van der Waals surface area contributed by atoms with Crippen LogP contribution in [0.4, 0.5) is 32.0 Å². The number of ether oxygens (including phenoxy) is 1. The Hall–Kier alpha value is -3.60. The highest BCUT2D eigenvalue weighted by Gasteiger charge is 2.57. The van der Waals surface area contributed by atoms with Crippen LogP contribution in [0.2, 0.25) is 0 Å². The summed E-state index contributed by atoms with van der Waals surface area (Å²) in [5.74, 6) is -3.78. The molecule has 0 aromatic heterocycles. The average molecular weight is 594 g/mol. The monoisotopic (exact) mass is 593 g/mol. The number of rotatable bonds is 6. The highest BCUT2D eigenvalue weighted by Crippen LogP contribution is 2.52. The molecule has 3 aliphatic rings. The number of imide groups is 1. The molecular weight excluding hydrogens is 564 g/mol. The largest absolute Gasteiger partial charge is 0.507 e. The first kappa shape index (κ1) is 29.9. The number of carbonyl (C=O) groups is 2. The lowest BCUT2D eigenvalue weighted by atomic mass is 9.69. The van der Waals surface area contributed by atoms with E-state index in [9.17, 15) is 41.0 Å². The van der Waals surface area contributed by atoms with Gasteiger partial charge in [-0.2, -0.15) is 26.3 Å². The molecule has 2 fully saturated rings. The summed E-state index contributed by atoms with van der Waals surface area (Å²) in [5, 5.41) is 10.1. The number of allylic oxidation sites excluding steroid dienone is 2. The Morgan fingerprint density at radius 1 is 1.00 bits per heavy atom. The van der Waals surface area contributed by atoms with E-state index in [1.165, 1.54) is 0 Å². The van der Waals surface area contributed by atoms with Gasteiger partial charge in [0.25, 0.3) is 0 Å². The highest BCUT2D eigenvalue weighted by molar-refractivity contribution is 6.22. The van der Waals surface area contributed by atoms with Crippen LogP contribution in [0.25, 0.3) is 6.08 Å². The van der Waals surface area contributed by atoms with Crippen LogP contribution in [-0.2, 0) is 26.7 Å². The first-order valence-electron chi connectivity index (χ1n) is 13.7. The molecule has 42 heavy (non-hydrogen) atoms. The van der Waals surface area contributed by atoms with Gasteiger partial charge in [-0.05, 0) is 62.4 Å². The molecule has 11 heteroatoms. The van der Waals surface area contributed by atoms with Gasteiger partial charge in [0.15, 0.2) is 0 Å². The zero-order chi connectivity index (χ0) is 30.6. The molecular formula is C31H29F6NO4. The Kier molecular flexibility index (Phi) is 7.76. The predicted molar refractivity (Wildman–Crippen MR) is 142 cm³/mol. The second-order valence-electron chi connectivity index (χ2n) is 11.0. The second-order valence-corrected chi connectivity index (χ2v) is 11.0. The van der Waals surface area contributed by atoms with Gasteiger partial charge < -0.3 is 9.84 Å². The molecule has 1 N–H and O–H groups in total. The quantitative estimate of drug-likeness (QED) is 0.214. The number of aromatic hydroxyl groups is 1. The third-order valence-corrected chi connectivity index (χ3v) is 8.40. The number of alkyl halides is 6. The minimum atomic E-state index is -5.11. The van der Waals surface area contributed by atoms with Gasteiger partial charge in [0.05, 0.1) is 41.4 Å². The zero-order valence-corrected chi connectivity index (χ0v) is 22.9. The lowest BCUT2D eigenvalue weighted by Gasteiger charge is -2.31. The lowest BCUT2D eigenvalue weighted by Crippen LogP contribution is -2.34. The fraction of sp³-hybridized carbons (Fsp3) is 0.419. The molecule has 5 rings (SSSR count). The summed E-state index contributed by atoms with van der Waals surface area (Å²) in [7, 11) is 0. The summed E-state index contributed by atoms with van der Waals surface area (Å²) in [6, 6.07) is 7.73.